The van der Waals surface area contributed by atoms with Gasteiger partial charge in [-0.25, -0.2) is 0 Å². The van der Waals surface area contributed by atoms with Crippen LogP contribution < -0.4 is 9.47 Å². The number of ether oxygens (including phenoxy) is 3. The molecule has 0 N–H and O–H groups in total. The Kier molecular flexibility index (Phi) is 10.6. The van der Waals surface area contributed by atoms with Crippen LogP contribution in [0.3, 0.4) is 0 Å². The Bertz CT molecular complexity index is 634. The molecule has 2 rings (SSSR count). The monoisotopic (exact) mass is 398 g/mol. The Hall–Kier alpha value is -2.00. The van der Waals surface area contributed by atoms with Gasteiger partial charge in [0.1, 0.15) is 11.5 Å². The van der Waals surface area contributed by atoms with Gasteiger partial charge in [0, 0.05) is 13.2 Å². The lowest BCUT2D eigenvalue weighted by molar-refractivity contribution is 0.129. The maximum atomic E-state index is 5.94. The molecular formula is C26H38O3. The van der Waals surface area contributed by atoms with Crippen LogP contribution in [0.4, 0.5) is 0 Å². The Balaban J connectivity index is 1.65. The van der Waals surface area contributed by atoms with Crippen molar-refractivity contribution in [2.45, 2.75) is 53.4 Å². The Morgan fingerprint density at radius 2 is 1.03 bits per heavy atom. The topological polar surface area (TPSA) is 27.7 Å². The highest BCUT2D eigenvalue weighted by molar-refractivity contribution is 5.34. The molecule has 0 aliphatic carbocycles. The number of aryl methyl sites for hydroxylation is 2. The number of para-hydroxylation sites is 2. The van der Waals surface area contributed by atoms with E-state index in [-0.39, 0.29) is 0 Å². The van der Waals surface area contributed by atoms with Crippen molar-refractivity contribution in [3.8, 4) is 11.5 Å². The van der Waals surface area contributed by atoms with Crippen LogP contribution in [0, 0.1) is 11.8 Å². The van der Waals surface area contributed by atoms with Crippen LogP contribution in [0.25, 0.3) is 0 Å². The van der Waals surface area contributed by atoms with Crippen LogP contribution in [0.1, 0.15) is 51.7 Å². The van der Waals surface area contributed by atoms with E-state index >= 15 is 0 Å². The van der Waals surface area contributed by atoms with E-state index in [1.807, 2.05) is 12.1 Å². The summed E-state index contributed by atoms with van der Waals surface area (Å²) in [5.74, 6) is 3.10. The van der Waals surface area contributed by atoms with E-state index in [4.69, 9.17) is 14.2 Å². The molecule has 3 nitrogen and oxygen atoms in total. The minimum atomic E-state index is 0.535. The molecule has 160 valence electrons. The van der Waals surface area contributed by atoms with Gasteiger partial charge >= 0.3 is 0 Å². The van der Waals surface area contributed by atoms with E-state index in [1.165, 1.54) is 11.1 Å². The summed E-state index contributed by atoms with van der Waals surface area (Å²) in [5, 5.41) is 0. The molecule has 0 aliphatic rings. The zero-order chi connectivity index (χ0) is 20.9. The fourth-order valence-electron chi connectivity index (χ4n) is 3.05. The summed E-state index contributed by atoms with van der Waals surface area (Å²) in [5.41, 5.74) is 2.54. The highest BCUT2D eigenvalue weighted by Crippen LogP contribution is 2.21. The van der Waals surface area contributed by atoms with E-state index in [0.717, 1.165) is 63.6 Å². The van der Waals surface area contributed by atoms with Crippen LogP contribution in [-0.2, 0) is 17.6 Å². The molecule has 29 heavy (non-hydrogen) atoms. The van der Waals surface area contributed by atoms with Gasteiger partial charge in [0.25, 0.3) is 0 Å². The first-order chi connectivity index (χ1) is 14.1. The third-order valence-electron chi connectivity index (χ3n) is 4.56. The predicted molar refractivity (Wildman–Crippen MR) is 121 cm³/mol. The first-order valence-corrected chi connectivity index (χ1v) is 11.1. The van der Waals surface area contributed by atoms with Crippen LogP contribution >= 0.6 is 0 Å². The third kappa shape index (κ3) is 9.36. The second-order valence-corrected chi connectivity index (χ2v) is 8.44. The van der Waals surface area contributed by atoms with Crippen LogP contribution in [-0.4, -0.2) is 26.4 Å². The maximum absolute atomic E-state index is 5.94. The summed E-state index contributed by atoms with van der Waals surface area (Å²) < 4.78 is 17.7. The van der Waals surface area contributed by atoms with Gasteiger partial charge < -0.3 is 14.2 Å². The predicted octanol–water partition coefficient (Wildman–Crippen LogP) is 6.34. The van der Waals surface area contributed by atoms with Crippen molar-refractivity contribution in [1.82, 2.24) is 0 Å². The number of hydrogen-bond donors (Lipinski definition) is 0. The average Bonchev–Trinajstić information content (AvgIpc) is 2.71. The molecule has 2 aromatic rings. The Morgan fingerprint density at radius 3 is 1.45 bits per heavy atom. The van der Waals surface area contributed by atoms with Crippen molar-refractivity contribution in [2.75, 3.05) is 26.4 Å². The Morgan fingerprint density at radius 1 is 0.621 bits per heavy atom. The van der Waals surface area contributed by atoms with E-state index in [9.17, 15) is 0 Å². The largest absolute Gasteiger partial charge is 0.493 e. The lowest BCUT2D eigenvalue weighted by Gasteiger charge is -2.14. The average molecular weight is 399 g/mol. The quantitative estimate of drug-likeness (QED) is 0.348. The summed E-state index contributed by atoms with van der Waals surface area (Å²) in [7, 11) is 0. The van der Waals surface area contributed by atoms with Crippen LogP contribution in [0.15, 0.2) is 48.5 Å². The molecule has 0 saturated carbocycles. The molecule has 3 heteroatoms. The van der Waals surface area contributed by atoms with Gasteiger partial charge in [-0.2, -0.15) is 0 Å². The molecule has 0 bridgehead atoms. The molecule has 0 saturated heterocycles. The van der Waals surface area contributed by atoms with Crippen LogP contribution in [0.5, 0.6) is 11.5 Å². The van der Waals surface area contributed by atoms with Gasteiger partial charge in [0.15, 0.2) is 0 Å². The van der Waals surface area contributed by atoms with E-state index in [2.05, 4.69) is 64.1 Å². The number of rotatable bonds is 14. The van der Waals surface area contributed by atoms with Crippen molar-refractivity contribution in [2.24, 2.45) is 11.8 Å². The minimum absolute atomic E-state index is 0.535. The summed E-state index contributed by atoms with van der Waals surface area (Å²) in [6.45, 7) is 11.8. The van der Waals surface area contributed by atoms with Gasteiger partial charge in [-0.3, -0.25) is 0 Å². The molecule has 0 atom stereocenters. The molecule has 2 aromatic carbocycles. The zero-order valence-electron chi connectivity index (χ0n) is 18.7. The molecule has 0 aliphatic heterocycles. The summed E-state index contributed by atoms with van der Waals surface area (Å²) in [6, 6.07) is 16.7. The zero-order valence-corrected chi connectivity index (χ0v) is 18.7. The number of benzene rings is 2. The highest BCUT2D eigenvalue weighted by Gasteiger charge is 2.06. The molecule has 0 spiro atoms. The van der Waals surface area contributed by atoms with Crippen molar-refractivity contribution >= 4 is 0 Å². The summed E-state index contributed by atoms with van der Waals surface area (Å²) in [6.07, 6.45) is 3.99. The maximum Gasteiger partial charge on any atom is 0.122 e. The second kappa shape index (κ2) is 13.3. The fraction of sp³-hybridized carbons (Fsp3) is 0.538. The molecule has 0 aromatic heterocycles. The van der Waals surface area contributed by atoms with Crippen molar-refractivity contribution in [3.05, 3.63) is 59.7 Å². The lowest BCUT2D eigenvalue weighted by atomic mass is 10.1. The first kappa shape index (κ1) is 23.3. The minimum Gasteiger partial charge on any atom is -0.493 e. The Labute approximate surface area is 177 Å². The van der Waals surface area contributed by atoms with Gasteiger partial charge in [0.2, 0.25) is 0 Å². The molecule has 0 unspecified atom stereocenters. The standard InChI is InChI=1S/C26H38O3/c1-21(2)19-28-25-15-7-5-11-23(25)13-9-17-27-18-10-14-24-12-6-8-16-26(24)29-20-22(3)4/h5-8,11-12,15-16,21-22H,9-10,13-14,17-20H2,1-4H3. The smallest absolute Gasteiger partial charge is 0.122 e. The second-order valence-electron chi connectivity index (χ2n) is 8.44. The molecule has 0 amide bonds. The van der Waals surface area contributed by atoms with E-state index < -0.39 is 0 Å². The van der Waals surface area contributed by atoms with Crippen LogP contribution in [0.2, 0.25) is 0 Å². The summed E-state index contributed by atoms with van der Waals surface area (Å²) in [4.78, 5) is 0. The SMILES string of the molecule is CC(C)COc1ccccc1CCCOCCCc1ccccc1OCC(C)C. The number of hydrogen-bond acceptors (Lipinski definition) is 3. The molecule has 0 heterocycles. The third-order valence-corrected chi connectivity index (χ3v) is 4.56. The molecule has 0 radical (unpaired) electrons. The molecule has 0 fully saturated rings. The van der Waals surface area contributed by atoms with Gasteiger partial charge in [-0.15, -0.1) is 0 Å². The van der Waals surface area contributed by atoms with Gasteiger partial charge in [-0.1, -0.05) is 64.1 Å². The van der Waals surface area contributed by atoms with E-state index in [0.29, 0.717) is 11.8 Å². The van der Waals surface area contributed by atoms with Crippen molar-refractivity contribution in [1.29, 1.82) is 0 Å². The fourth-order valence-corrected chi connectivity index (χ4v) is 3.05. The first-order valence-electron chi connectivity index (χ1n) is 11.1. The lowest BCUT2D eigenvalue weighted by Crippen LogP contribution is -2.07. The molecular weight excluding hydrogens is 360 g/mol. The van der Waals surface area contributed by atoms with E-state index in [1.54, 1.807) is 0 Å². The van der Waals surface area contributed by atoms with Crippen molar-refractivity contribution < 1.29 is 14.2 Å². The van der Waals surface area contributed by atoms with Gasteiger partial charge in [-0.05, 0) is 60.8 Å². The normalized spacial score (nSPS) is 11.2. The summed E-state index contributed by atoms with van der Waals surface area (Å²) >= 11 is 0. The van der Waals surface area contributed by atoms with Gasteiger partial charge in [0.05, 0.1) is 13.2 Å². The van der Waals surface area contributed by atoms with Crippen molar-refractivity contribution in [3.63, 3.8) is 0 Å². The highest BCUT2D eigenvalue weighted by atomic mass is 16.5.